The number of furan rings is 1. The first-order valence-electron chi connectivity index (χ1n) is 10.5. The van der Waals surface area contributed by atoms with Crippen molar-refractivity contribution in [3.63, 3.8) is 0 Å². The molecule has 0 aliphatic rings. The summed E-state index contributed by atoms with van der Waals surface area (Å²) < 4.78 is 8.52. The molecule has 0 atom stereocenters. The first-order chi connectivity index (χ1) is 14.6. The van der Waals surface area contributed by atoms with Gasteiger partial charge < -0.3 is 8.98 Å². The first kappa shape index (κ1) is 21.5. The van der Waals surface area contributed by atoms with Crippen molar-refractivity contribution in [2.45, 2.75) is 39.5 Å². The number of nitrogens with zero attached hydrogens (tertiary/aromatic N) is 2. The fourth-order valence-corrected chi connectivity index (χ4v) is 4.41. The van der Waals surface area contributed by atoms with Crippen LogP contribution in [0.5, 0.6) is 0 Å². The number of hydrogen-bond acceptors (Lipinski definition) is 2. The van der Waals surface area contributed by atoms with Crippen molar-refractivity contribution in [3.05, 3.63) is 84.2 Å². The van der Waals surface area contributed by atoms with Crippen LogP contribution in [0, 0.1) is 6.07 Å². The van der Waals surface area contributed by atoms with E-state index < -0.39 is 0 Å². The summed E-state index contributed by atoms with van der Waals surface area (Å²) in [5.41, 5.74) is 6.66. The minimum atomic E-state index is 0. The van der Waals surface area contributed by atoms with Crippen LogP contribution < -0.4 is 0 Å². The van der Waals surface area contributed by atoms with E-state index >= 15 is 0 Å². The number of benzene rings is 3. The molecule has 0 spiro atoms. The van der Waals surface area contributed by atoms with E-state index in [-0.39, 0.29) is 20.1 Å². The Kier molecular flexibility index (Phi) is 5.87. The third-order valence-electron chi connectivity index (χ3n) is 5.74. The Hall–Kier alpha value is -2.68. The molecule has 0 saturated heterocycles. The molecule has 0 amide bonds. The van der Waals surface area contributed by atoms with Gasteiger partial charge in [-0.3, -0.25) is 4.98 Å². The standard InChI is InChI=1S/C27H25N2O.Ir/c1-17(2)21-16-23-25(20-12-8-9-13-22(20)30-23)24(18(3)4)26(21)29-15-14-28-27(29)19-10-6-5-7-11-19;/h5-10,12-18H,1-4H3;/q-1;. The Morgan fingerprint density at radius 2 is 1.71 bits per heavy atom. The first-order valence-corrected chi connectivity index (χ1v) is 10.5. The molecular formula is C27H25IrN2O-. The van der Waals surface area contributed by atoms with Crippen LogP contribution in [0.3, 0.4) is 0 Å². The maximum absolute atomic E-state index is 6.29. The molecule has 0 N–H and O–H groups in total. The molecule has 31 heavy (non-hydrogen) atoms. The molecule has 0 fully saturated rings. The van der Waals surface area contributed by atoms with E-state index in [4.69, 9.17) is 9.40 Å². The molecule has 3 nitrogen and oxygen atoms in total. The summed E-state index contributed by atoms with van der Waals surface area (Å²) in [5.74, 6) is 1.56. The molecule has 0 saturated carbocycles. The van der Waals surface area contributed by atoms with E-state index in [1.807, 2.05) is 30.5 Å². The smallest absolute Gasteiger partial charge is 0.136 e. The second-order valence-electron chi connectivity index (χ2n) is 8.41. The summed E-state index contributed by atoms with van der Waals surface area (Å²) in [6.07, 6.45) is 3.94. The normalized spacial score (nSPS) is 11.5. The van der Waals surface area contributed by atoms with Crippen LogP contribution in [0.1, 0.15) is 50.7 Å². The van der Waals surface area contributed by atoms with Gasteiger partial charge in [0.1, 0.15) is 11.2 Å². The fraction of sp³-hybridized carbons (Fsp3) is 0.222. The minimum absolute atomic E-state index is 0. The Balaban J connectivity index is 0.00000231. The molecule has 2 heterocycles. The molecule has 0 aliphatic heterocycles. The van der Waals surface area contributed by atoms with E-state index in [1.165, 1.54) is 27.6 Å². The third kappa shape index (κ3) is 3.54. The molecular weight excluding hydrogens is 561 g/mol. The summed E-state index contributed by atoms with van der Waals surface area (Å²) in [7, 11) is 0. The van der Waals surface area contributed by atoms with Gasteiger partial charge >= 0.3 is 0 Å². The van der Waals surface area contributed by atoms with Crippen LogP contribution >= 0.6 is 0 Å². The van der Waals surface area contributed by atoms with Crippen LogP contribution in [-0.2, 0) is 20.1 Å². The molecule has 4 heteroatoms. The monoisotopic (exact) mass is 586 g/mol. The number of rotatable bonds is 4. The SMILES string of the molecule is CC(C)c1cc2oc3ccccc3c2c(C(C)C)c1-n1ccnc1-c1[c-]cccc1.[Ir]. The largest absolute Gasteiger partial charge is 0.456 e. The second kappa shape index (κ2) is 8.45. The molecule has 5 aromatic rings. The maximum atomic E-state index is 6.29. The van der Waals surface area contributed by atoms with Gasteiger partial charge in [-0.1, -0.05) is 45.9 Å². The molecule has 3 aromatic carbocycles. The van der Waals surface area contributed by atoms with Gasteiger partial charge in [0.05, 0.1) is 5.82 Å². The summed E-state index contributed by atoms with van der Waals surface area (Å²) in [6, 6.07) is 21.9. The van der Waals surface area contributed by atoms with Crippen molar-refractivity contribution in [2.75, 3.05) is 0 Å². The Morgan fingerprint density at radius 1 is 0.935 bits per heavy atom. The Labute approximate surface area is 196 Å². The van der Waals surface area contributed by atoms with Gasteiger partial charge in [-0.2, -0.15) is 0 Å². The predicted octanol–water partition coefficient (Wildman–Crippen LogP) is 7.48. The Bertz CT molecular complexity index is 1350. The number of imidazole rings is 1. The topological polar surface area (TPSA) is 31.0 Å². The van der Waals surface area contributed by atoms with Gasteiger partial charge in [0.2, 0.25) is 0 Å². The molecule has 0 bridgehead atoms. The van der Waals surface area contributed by atoms with Crippen LogP contribution in [0.2, 0.25) is 0 Å². The molecule has 5 rings (SSSR count). The minimum Gasteiger partial charge on any atom is -0.456 e. The van der Waals surface area contributed by atoms with Gasteiger partial charge in [-0.25, -0.2) is 0 Å². The van der Waals surface area contributed by atoms with Crippen LogP contribution in [0.4, 0.5) is 0 Å². The van der Waals surface area contributed by atoms with Gasteiger partial charge in [-0.05, 0) is 35.1 Å². The van der Waals surface area contributed by atoms with Crippen molar-refractivity contribution in [2.24, 2.45) is 0 Å². The molecule has 159 valence electrons. The maximum Gasteiger partial charge on any atom is 0.136 e. The molecule has 2 aromatic heterocycles. The zero-order chi connectivity index (χ0) is 20.8. The fourth-order valence-electron chi connectivity index (χ4n) is 4.41. The van der Waals surface area contributed by atoms with Crippen LogP contribution in [0.15, 0.2) is 71.4 Å². The van der Waals surface area contributed by atoms with Crippen molar-refractivity contribution in [3.8, 4) is 17.1 Å². The molecule has 0 aliphatic carbocycles. The molecule has 1 radical (unpaired) electrons. The van der Waals surface area contributed by atoms with Crippen molar-refractivity contribution >= 4 is 21.9 Å². The second-order valence-corrected chi connectivity index (χ2v) is 8.41. The zero-order valence-electron chi connectivity index (χ0n) is 18.1. The zero-order valence-corrected chi connectivity index (χ0v) is 20.5. The summed E-state index contributed by atoms with van der Waals surface area (Å²) in [5, 5.41) is 2.37. The van der Waals surface area contributed by atoms with Gasteiger partial charge in [-0.15, -0.1) is 35.9 Å². The number of fused-ring (bicyclic) bond motifs is 3. The van der Waals surface area contributed by atoms with E-state index in [9.17, 15) is 0 Å². The van der Waals surface area contributed by atoms with Crippen LogP contribution in [-0.4, -0.2) is 9.55 Å². The number of para-hydroxylation sites is 1. The van der Waals surface area contributed by atoms with E-state index in [0.29, 0.717) is 11.8 Å². The average Bonchev–Trinajstić information content (AvgIpc) is 3.37. The summed E-state index contributed by atoms with van der Waals surface area (Å²) in [6.45, 7) is 9.00. The van der Waals surface area contributed by atoms with E-state index in [0.717, 1.165) is 22.6 Å². The van der Waals surface area contributed by atoms with E-state index in [1.54, 1.807) is 0 Å². The number of hydrogen-bond donors (Lipinski definition) is 0. The van der Waals surface area contributed by atoms with Gasteiger partial charge in [0.25, 0.3) is 0 Å². The van der Waals surface area contributed by atoms with Gasteiger partial charge in [0, 0.05) is 49.0 Å². The Morgan fingerprint density at radius 3 is 2.42 bits per heavy atom. The van der Waals surface area contributed by atoms with Crippen molar-refractivity contribution in [1.29, 1.82) is 0 Å². The van der Waals surface area contributed by atoms with Crippen molar-refractivity contribution in [1.82, 2.24) is 9.55 Å². The summed E-state index contributed by atoms with van der Waals surface area (Å²) >= 11 is 0. The predicted molar refractivity (Wildman–Crippen MR) is 123 cm³/mol. The van der Waals surface area contributed by atoms with Gasteiger partial charge in [0.15, 0.2) is 0 Å². The quantitative estimate of drug-likeness (QED) is 0.205. The van der Waals surface area contributed by atoms with Crippen molar-refractivity contribution < 1.29 is 24.5 Å². The summed E-state index contributed by atoms with van der Waals surface area (Å²) in [4.78, 5) is 4.70. The number of aromatic nitrogens is 2. The van der Waals surface area contributed by atoms with E-state index in [2.05, 4.69) is 74.9 Å². The average molecular weight is 586 g/mol. The third-order valence-corrected chi connectivity index (χ3v) is 5.74. The molecule has 0 unspecified atom stereocenters. The van der Waals surface area contributed by atoms with Crippen LogP contribution in [0.25, 0.3) is 39.0 Å².